The smallest absolute Gasteiger partial charge is 0.123 e. The van der Waals surface area contributed by atoms with E-state index >= 15 is 0 Å². The predicted octanol–water partition coefficient (Wildman–Crippen LogP) is 7.66. The summed E-state index contributed by atoms with van der Waals surface area (Å²) in [5, 5.41) is 2.44. The van der Waals surface area contributed by atoms with Crippen molar-refractivity contribution in [3.63, 3.8) is 0 Å². The Morgan fingerprint density at radius 3 is 1.43 bits per heavy atom. The van der Waals surface area contributed by atoms with Gasteiger partial charge in [0.2, 0.25) is 0 Å². The zero-order valence-corrected chi connectivity index (χ0v) is 16.1. The first-order chi connectivity index (χ1) is 14.7. The van der Waals surface area contributed by atoms with Crippen LogP contribution in [-0.2, 0) is 0 Å². The first-order valence-corrected chi connectivity index (χ1v) is 9.82. The second-order valence-electron chi connectivity index (χ2n) is 7.35. The molecule has 0 radical (unpaired) electrons. The highest BCUT2D eigenvalue weighted by molar-refractivity contribution is 6.09. The number of fused-ring (bicyclic) bond motifs is 2. The minimum atomic E-state index is -0.247. The minimum Gasteiger partial charge on any atom is -0.207 e. The molecule has 0 unspecified atom stereocenters. The Labute approximate surface area is 174 Å². The van der Waals surface area contributed by atoms with Crippen LogP contribution >= 0.6 is 0 Å². The number of hydrogen-bond donors (Lipinski definition) is 0. The van der Waals surface area contributed by atoms with Crippen LogP contribution in [0.5, 0.6) is 0 Å². The maximum absolute atomic E-state index is 13.2. The van der Waals surface area contributed by atoms with E-state index in [2.05, 4.69) is 24.3 Å². The second kappa shape index (κ2) is 7.57. The summed E-state index contributed by atoms with van der Waals surface area (Å²) in [4.78, 5) is 0. The van der Waals surface area contributed by atoms with E-state index in [1.807, 2.05) is 36.4 Å². The predicted molar refractivity (Wildman–Crippen MR) is 121 cm³/mol. The lowest BCUT2D eigenvalue weighted by Crippen LogP contribution is -1.78. The molecule has 0 nitrogen and oxygen atoms in total. The standard InChI is InChI=1S/C28H18F2/c29-24-13-7-19(8-14-24)5-11-21(12-6-20-9-15-25(30)16-10-20)28-26-17-22-3-1-2-4-23(22)18-27(26)28/h1-18H/b11-5+,12-6+. The Morgan fingerprint density at radius 1 is 0.567 bits per heavy atom. The molecule has 4 aromatic rings. The average Bonchev–Trinajstić information content (AvgIpc) is 3.47. The lowest BCUT2D eigenvalue weighted by atomic mass is 10.1. The molecule has 1 aliphatic rings. The van der Waals surface area contributed by atoms with Crippen LogP contribution in [0.1, 0.15) is 22.3 Å². The molecule has 0 bridgehead atoms. The first kappa shape index (κ1) is 18.3. The SMILES string of the molecule is Fc1ccc(/C=C/C(/C=C/c2ccc(F)cc2)=C2c3cc4ccccc4cc32)cc1. The van der Waals surface area contributed by atoms with Crippen LogP contribution in [0.3, 0.4) is 0 Å². The Hall–Kier alpha value is -3.78. The van der Waals surface area contributed by atoms with E-state index < -0.39 is 0 Å². The van der Waals surface area contributed by atoms with Crippen LogP contribution in [0, 0.1) is 11.6 Å². The molecule has 4 aromatic carbocycles. The van der Waals surface area contributed by atoms with Crippen LogP contribution in [0.15, 0.2) is 103 Å². The van der Waals surface area contributed by atoms with Gasteiger partial charge < -0.3 is 0 Å². The lowest BCUT2D eigenvalue weighted by Gasteiger charge is -1.97. The Morgan fingerprint density at radius 2 is 1.00 bits per heavy atom. The highest BCUT2D eigenvalue weighted by Crippen LogP contribution is 2.47. The summed E-state index contributed by atoms with van der Waals surface area (Å²) in [6, 6.07) is 25.6. The molecule has 0 N–H and O–H groups in total. The van der Waals surface area contributed by atoms with Crippen LogP contribution in [0.25, 0.3) is 28.5 Å². The fourth-order valence-electron chi connectivity index (χ4n) is 3.65. The lowest BCUT2D eigenvalue weighted by molar-refractivity contribution is 0.627. The summed E-state index contributed by atoms with van der Waals surface area (Å²) in [6.45, 7) is 0. The van der Waals surface area contributed by atoms with Gasteiger partial charge in [0.05, 0.1) is 0 Å². The third-order valence-corrected chi connectivity index (χ3v) is 5.30. The summed E-state index contributed by atoms with van der Waals surface area (Å²) in [6.07, 6.45) is 8.06. The van der Waals surface area contributed by atoms with Crippen LogP contribution in [-0.4, -0.2) is 0 Å². The molecule has 0 aliphatic heterocycles. The molecule has 0 spiro atoms. The largest absolute Gasteiger partial charge is 0.207 e. The number of allylic oxidation sites excluding steroid dienone is 3. The van der Waals surface area contributed by atoms with Gasteiger partial charge in [-0.15, -0.1) is 0 Å². The van der Waals surface area contributed by atoms with Crippen molar-refractivity contribution in [2.75, 3.05) is 0 Å². The monoisotopic (exact) mass is 392 g/mol. The van der Waals surface area contributed by atoms with Crippen molar-refractivity contribution < 1.29 is 8.78 Å². The average molecular weight is 392 g/mol. The quantitative estimate of drug-likeness (QED) is 0.294. The fourth-order valence-corrected chi connectivity index (χ4v) is 3.65. The number of hydrogen-bond acceptors (Lipinski definition) is 0. The van der Waals surface area contributed by atoms with Gasteiger partial charge in [0, 0.05) is 0 Å². The van der Waals surface area contributed by atoms with Crippen molar-refractivity contribution >= 4 is 28.5 Å². The van der Waals surface area contributed by atoms with Crippen molar-refractivity contribution in [1.29, 1.82) is 0 Å². The summed E-state index contributed by atoms with van der Waals surface area (Å²) >= 11 is 0. The molecule has 0 heterocycles. The highest BCUT2D eigenvalue weighted by atomic mass is 19.1. The molecule has 0 saturated carbocycles. The van der Waals surface area contributed by atoms with E-state index in [1.54, 1.807) is 24.3 Å². The van der Waals surface area contributed by atoms with Gasteiger partial charge in [-0.25, -0.2) is 8.78 Å². The van der Waals surface area contributed by atoms with Crippen molar-refractivity contribution in [2.24, 2.45) is 0 Å². The number of rotatable bonds is 4. The fraction of sp³-hybridized carbons (Fsp3) is 0. The molecule has 144 valence electrons. The van der Waals surface area contributed by atoms with Crippen molar-refractivity contribution in [3.05, 3.63) is 137 Å². The third kappa shape index (κ3) is 3.72. The molecular weight excluding hydrogens is 374 g/mol. The molecule has 0 aromatic heterocycles. The first-order valence-electron chi connectivity index (χ1n) is 9.82. The molecule has 0 fully saturated rings. The highest BCUT2D eigenvalue weighted by Gasteiger charge is 2.27. The van der Waals surface area contributed by atoms with Crippen molar-refractivity contribution in [1.82, 2.24) is 0 Å². The van der Waals surface area contributed by atoms with Gasteiger partial charge in [-0.05, 0) is 80.6 Å². The van der Waals surface area contributed by atoms with Crippen LogP contribution < -0.4 is 0 Å². The van der Waals surface area contributed by atoms with Crippen molar-refractivity contribution in [2.45, 2.75) is 0 Å². The normalized spacial score (nSPS) is 12.7. The summed E-state index contributed by atoms with van der Waals surface area (Å²) in [5.41, 5.74) is 6.63. The number of halogens is 2. The van der Waals surface area contributed by atoms with Gasteiger partial charge in [-0.3, -0.25) is 0 Å². The zero-order valence-electron chi connectivity index (χ0n) is 16.1. The zero-order chi connectivity index (χ0) is 20.5. The van der Waals surface area contributed by atoms with Gasteiger partial charge in [0.15, 0.2) is 0 Å². The van der Waals surface area contributed by atoms with Crippen molar-refractivity contribution in [3.8, 4) is 0 Å². The summed E-state index contributed by atoms with van der Waals surface area (Å²) in [5.74, 6) is -0.494. The molecule has 1 aliphatic carbocycles. The second-order valence-corrected chi connectivity index (χ2v) is 7.35. The van der Waals surface area contributed by atoms with E-state index in [9.17, 15) is 8.78 Å². The van der Waals surface area contributed by atoms with E-state index in [0.717, 1.165) is 16.7 Å². The van der Waals surface area contributed by atoms with Gasteiger partial charge in [0.1, 0.15) is 11.6 Å². The maximum Gasteiger partial charge on any atom is 0.123 e. The molecule has 0 atom stereocenters. The van der Waals surface area contributed by atoms with Crippen LogP contribution in [0.4, 0.5) is 8.78 Å². The van der Waals surface area contributed by atoms with E-state index in [-0.39, 0.29) is 11.6 Å². The van der Waals surface area contributed by atoms with E-state index in [0.29, 0.717) is 0 Å². The molecular formula is C28H18F2. The summed E-state index contributed by atoms with van der Waals surface area (Å²) in [7, 11) is 0. The van der Waals surface area contributed by atoms with Crippen LogP contribution in [0.2, 0.25) is 0 Å². The molecule has 5 rings (SSSR count). The van der Waals surface area contributed by atoms with Gasteiger partial charge in [0.25, 0.3) is 0 Å². The minimum absolute atomic E-state index is 0.247. The molecule has 30 heavy (non-hydrogen) atoms. The van der Waals surface area contributed by atoms with Gasteiger partial charge >= 0.3 is 0 Å². The van der Waals surface area contributed by atoms with E-state index in [4.69, 9.17) is 0 Å². The Balaban J connectivity index is 1.55. The van der Waals surface area contributed by atoms with Gasteiger partial charge in [-0.2, -0.15) is 0 Å². The molecule has 0 saturated heterocycles. The topological polar surface area (TPSA) is 0 Å². The molecule has 0 amide bonds. The molecule has 2 heteroatoms. The third-order valence-electron chi connectivity index (χ3n) is 5.30. The Kier molecular flexibility index (Phi) is 4.61. The Bertz CT molecular complexity index is 1220. The summed E-state index contributed by atoms with van der Waals surface area (Å²) < 4.78 is 26.4. The van der Waals surface area contributed by atoms with Gasteiger partial charge in [-0.1, -0.05) is 72.8 Å². The number of benzene rings is 4. The van der Waals surface area contributed by atoms with E-state index in [1.165, 1.54) is 51.7 Å². The maximum atomic E-state index is 13.2.